The molecule has 0 aliphatic carbocycles. The quantitative estimate of drug-likeness (QED) is 0.655. The number of allylic oxidation sites excluding steroid dienone is 2. The first-order valence-corrected chi connectivity index (χ1v) is 4.69. The van der Waals surface area contributed by atoms with Gasteiger partial charge >= 0.3 is 0 Å². The average molecular weight is 191 g/mol. The zero-order chi connectivity index (χ0) is 10.7. The van der Waals surface area contributed by atoms with E-state index in [4.69, 9.17) is 5.73 Å². The summed E-state index contributed by atoms with van der Waals surface area (Å²) in [6.45, 7) is 10.0. The maximum Gasteiger partial charge on any atom is 0.101 e. The SMILES string of the molecule is C=C1NC(N)=CC(C)=C1N=CC(C)C. The molecule has 14 heavy (non-hydrogen) atoms. The fourth-order valence-corrected chi connectivity index (χ4v) is 1.21. The minimum Gasteiger partial charge on any atom is -0.385 e. The summed E-state index contributed by atoms with van der Waals surface area (Å²) in [5.41, 5.74) is 8.33. The Morgan fingerprint density at radius 1 is 1.57 bits per heavy atom. The van der Waals surface area contributed by atoms with Crippen molar-refractivity contribution < 1.29 is 0 Å². The summed E-state index contributed by atoms with van der Waals surface area (Å²) in [5, 5.41) is 2.96. The molecule has 0 aromatic carbocycles. The van der Waals surface area contributed by atoms with Gasteiger partial charge in [0.05, 0.1) is 11.4 Å². The van der Waals surface area contributed by atoms with Crippen LogP contribution in [-0.2, 0) is 0 Å². The number of nitrogens with two attached hydrogens (primary N) is 1. The Morgan fingerprint density at radius 3 is 2.71 bits per heavy atom. The van der Waals surface area contributed by atoms with Crippen LogP contribution in [0.4, 0.5) is 0 Å². The molecule has 0 amide bonds. The Bertz CT molecular complexity index is 332. The van der Waals surface area contributed by atoms with Gasteiger partial charge in [-0.3, -0.25) is 4.99 Å². The lowest BCUT2D eigenvalue weighted by Crippen LogP contribution is -2.23. The fourth-order valence-electron chi connectivity index (χ4n) is 1.21. The maximum atomic E-state index is 5.64. The molecule has 1 aliphatic rings. The van der Waals surface area contributed by atoms with Crippen molar-refractivity contribution in [3.63, 3.8) is 0 Å². The highest BCUT2D eigenvalue weighted by atomic mass is 15.0. The Hall–Kier alpha value is -1.51. The molecule has 1 aliphatic heterocycles. The predicted octanol–water partition coefficient (Wildman–Crippen LogP) is 1.90. The van der Waals surface area contributed by atoms with Gasteiger partial charge in [-0.1, -0.05) is 20.4 Å². The second-order valence-electron chi connectivity index (χ2n) is 3.76. The molecule has 3 nitrogen and oxygen atoms in total. The molecule has 0 spiro atoms. The van der Waals surface area contributed by atoms with Crippen molar-refractivity contribution in [2.75, 3.05) is 0 Å². The number of nitrogens with one attached hydrogen (secondary N) is 1. The highest BCUT2D eigenvalue weighted by Gasteiger charge is 2.10. The fraction of sp³-hybridized carbons (Fsp3) is 0.364. The molecule has 0 atom stereocenters. The molecule has 3 N–H and O–H groups in total. The Balaban J connectivity index is 2.95. The van der Waals surface area contributed by atoms with E-state index in [1.807, 2.05) is 19.2 Å². The molecule has 0 fully saturated rings. The van der Waals surface area contributed by atoms with Crippen LogP contribution in [0.1, 0.15) is 20.8 Å². The lowest BCUT2D eigenvalue weighted by molar-refractivity contribution is 0.889. The zero-order valence-corrected chi connectivity index (χ0v) is 8.96. The smallest absolute Gasteiger partial charge is 0.101 e. The van der Waals surface area contributed by atoms with Gasteiger partial charge in [-0.15, -0.1) is 0 Å². The minimum absolute atomic E-state index is 0.436. The van der Waals surface area contributed by atoms with E-state index in [2.05, 4.69) is 30.7 Å². The first kappa shape index (κ1) is 10.6. The van der Waals surface area contributed by atoms with Gasteiger partial charge < -0.3 is 11.1 Å². The third-order valence-electron chi connectivity index (χ3n) is 1.83. The van der Waals surface area contributed by atoms with Gasteiger partial charge in [0, 0.05) is 6.21 Å². The molecular weight excluding hydrogens is 174 g/mol. The lowest BCUT2D eigenvalue weighted by atomic mass is 10.1. The van der Waals surface area contributed by atoms with Crippen molar-refractivity contribution in [1.29, 1.82) is 0 Å². The number of dihydropyridines is 1. The van der Waals surface area contributed by atoms with E-state index in [9.17, 15) is 0 Å². The van der Waals surface area contributed by atoms with Crippen LogP contribution in [0.15, 0.2) is 40.4 Å². The van der Waals surface area contributed by atoms with E-state index in [1.165, 1.54) is 0 Å². The third kappa shape index (κ3) is 2.49. The summed E-state index contributed by atoms with van der Waals surface area (Å²) < 4.78 is 0. The van der Waals surface area contributed by atoms with Gasteiger partial charge in [0.15, 0.2) is 0 Å². The van der Waals surface area contributed by atoms with E-state index in [1.54, 1.807) is 0 Å². The minimum atomic E-state index is 0.436. The van der Waals surface area contributed by atoms with E-state index < -0.39 is 0 Å². The largest absolute Gasteiger partial charge is 0.385 e. The monoisotopic (exact) mass is 191 g/mol. The van der Waals surface area contributed by atoms with Crippen LogP contribution in [0.25, 0.3) is 0 Å². The van der Waals surface area contributed by atoms with Crippen molar-refractivity contribution in [1.82, 2.24) is 5.32 Å². The number of nitrogens with zero attached hydrogens (tertiary/aromatic N) is 1. The molecule has 0 saturated carbocycles. The summed E-state index contributed by atoms with van der Waals surface area (Å²) in [6.07, 6.45) is 3.77. The summed E-state index contributed by atoms with van der Waals surface area (Å²) in [6, 6.07) is 0. The standard InChI is InChI=1S/C11H17N3/c1-7(2)6-13-11-8(3)5-10(12)14-9(11)4/h5-7,14H,4,12H2,1-3H3. The predicted molar refractivity (Wildman–Crippen MR) is 60.6 cm³/mol. The number of hydrogen-bond donors (Lipinski definition) is 2. The van der Waals surface area contributed by atoms with E-state index >= 15 is 0 Å². The second kappa shape index (κ2) is 4.13. The van der Waals surface area contributed by atoms with Crippen LogP contribution in [0.3, 0.4) is 0 Å². The first-order valence-electron chi connectivity index (χ1n) is 4.69. The Kier molecular flexibility index (Phi) is 3.12. The van der Waals surface area contributed by atoms with Crippen LogP contribution in [-0.4, -0.2) is 6.21 Å². The van der Waals surface area contributed by atoms with Crippen molar-refractivity contribution in [2.24, 2.45) is 16.6 Å². The van der Waals surface area contributed by atoms with Crippen molar-refractivity contribution in [3.8, 4) is 0 Å². The number of aliphatic imine (C=N–C) groups is 1. The van der Waals surface area contributed by atoms with Gasteiger partial charge in [-0.05, 0) is 24.5 Å². The van der Waals surface area contributed by atoms with Crippen LogP contribution in [0.2, 0.25) is 0 Å². The molecule has 0 aromatic heterocycles. The molecular formula is C11H17N3. The van der Waals surface area contributed by atoms with Crippen LogP contribution < -0.4 is 11.1 Å². The van der Waals surface area contributed by atoms with Crippen LogP contribution in [0, 0.1) is 5.92 Å². The van der Waals surface area contributed by atoms with Gasteiger partial charge in [-0.25, -0.2) is 0 Å². The maximum absolute atomic E-state index is 5.64. The van der Waals surface area contributed by atoms with Crippen molar-refractivity contribution >= 4 is 6.21 Å². The van der Waals surface area contributed by atoms with Gasteiger partial charge in [0.25, 0.3) is 0 Å². The van der Waals surface area contributed by atoms with Crippen LogP contribution >= 0.6 is 0 Å². The normalized spacial score (nSPS) is 17.7. The summed E-state index contributed by atoms with van der Waals surface area (Å²) in [7, 11) is 0. The first-order chi connectivity index (χ1) is 6.50. The summed E-state index contributed by atoms with van der Waals surface area (Å²) >= 11 is 0. The van der Waals surface area contributed by atoms with E-state index in [0.717, 1.165) is 17.0 Å². The van der Waals surface area contributed by atoms with E-state index in [-0.39, 0.29) is 0 Å². The molecule has 1 heterocycles. The van der Waals surface area contributed by atoms with Gasteiger partial charge in [0.2, 0.25) is 0 Å². The molecule has 0 radical (unpaired) electrons. The van der Waals surface area contributed by atoms with Crippen molar-refractivity contribution in [2.45, 2.75) is 20.8 Å². The molecule has 0 aromatic rings. The molecule has 0 bridgehead atoms. The topological polar surface area (TPSA) is 50.4 Å². The Labute approximate surface area is 85.1 Å². The number of hydrogen-bond acceptors (Lipinski definition) is 3. The highest BCUT2D eigenvalue weighted by molar-refractivity contribution is 5.63. The Morgan fingerprint density at radius 2 is 2.21 bits per heavy atom. The van der Waals surface area contributed by atoms with Gasteiger partial charge in [-0.2, -0.15) is 0 Å². The zero-order valence-electron chi connectivity index (χ0n) is 8.96. The highest BCUT2D eigenvalue weighted by Crippen LogP contribution is 2.19. The molecule has 76 valence electrons. The average Bonchev–Trinajstić information content (AvgIpc) is 2.01. The van der Waals surface area contributed by atoms with E-state index in [0.29, 0.717) is 11.7 Å². The van der Waals surface area contributed by atoms with Crippen molar-refractivity contribution in [3.05, 3.63) is 35.4 Å². The molecule has 0 saturated heterocycles. The summed E-state index contributed by atoms with van der Waals surface area (Å²) in [5.74, 6) is 1.06. The molecule has 3 heteroatoms. The van der Waals surface area contributed by atoms with Gasteiger partial charge in [0.1, 0.15) is 5.82 Å². The molecule has 1 rings (SSSR count). The molecule has 0 unspecified atom stereocenters. The number of rotatable bonds is 2. The van der Waals surface area contributed by atoms with Crippen LogP contribution in [0.5, 0.6) is 0 Å². The third-order valence-corrected chi connectivity index (χ3v) is 1.83. The second-order valence-corrected chi connectivity index (χ2v) is 3.76. The summed E-state index contributed by atoms with van der Waals surface area (Å²) in [4.78, 5) is 4.37. The lowest BCUT2D eigenvalue weighted by Gasteiger charge is -2.17.